The molecule has 2 N–H and O–H groups in total. The zero-order valence-corrected chi connectivity index (χ0v) is 13.1. The Morgan fingerprint density at radius 3 is 2.63 bits per heavy atom. The topological polar surface area (TPSA) is 66.4 Å². The first kappa shape index (κ1) is 15.9. The van der Waals surface area contributed by atoms with E-state index in [2.05, 4.69) is 21.2 Å². The van der Waals surface area contributed by atoms with Gasteiger partial charge in [-0.15, -0.1) is 11.3 Å². The fraction of sp³-hybridized carbons (Fsp3) is 0.385. The Hall–Kier alpha value is -1.14. The average molecular weight is 346 g/mol. The standard InChI is InChI=1S/C13H16BrNO3S/c1-8(2)7-10(13(17)18)15-12(16)6-4-9-3-5-11(14)19-9/h3-6,8,10H,7H2,1-2H3,(H,15,16)(H,17,18)/b6-4+. The second kappa shape index (κ2) is 7.45. The van der Waals surface area contributed by atoms with Crippen molar-refractivity contribution in [3.8, 4) is 0 Å². The van der Waals surface area contributed by atoms with Gasteiger partial charge in [0, 0.05) is 11.0 Å². The number of carbonyl (C=O) groups is 2. The van der Waals surface area contributed by atoms with Crippen LogP contribution in [0.5, 0.6) is 0 Å². The third kappa shape index (κ3) is 6.02. The van der Waals surface area contributed by atoms with E-state index >= 15 is 0 Å². The lowest BCUT2D eigenvalue weighted by Crippen LogP contribution is -2.40. The first-order valence-electron chi connectivity index (χ1n) is 5.85. The summed E-state index contributed by atoms with van der Waals surface area (Å²) < 4.78 is 0.982. The molecule has 0 bridgehead atoms. The van der Waals surface area contributed by atoms with Crippen molar-refractivity contribution in [2.45, 2.75) is 26.3 Å². The Kier molecular flexibility index (Phi) is 6.24. The minimum absolute atomic E-state index is 0.207. The van der Waals surface area contributed by atoms with Gasteiger partial charge in [0.1, 0.15) is 6.04 Å². The molecule has 4 nitrogen and oxygen atoms in total. The third-order valence-electron chi connectivity index (χ3n) is 2.31. The van der Waals surface area contributed by atoms with Gasteiger partial charge in [-0.05, 0) is 46.5 Å². The Labute approximate surface area is 124 Å². The van der Waals surface area contributed by atoms with Crippen LogP contribution in [0.25, 0.3) is 6.08 Å². The molecule has 0 radical (unpaired) electrons. The lowest BCUT2D eigenvalue weighted by molar-refractivity contribution is -0.141. The van der Waals surface area contributed by atoms with Crippen LogP contribution in [0, 0.1) is 5.92 Å². The molecule has 1 aromatic heterocycles. The molecular formula is C13H16BrNO3S. The van der Waals surface area contributed by atoms with Gasteiger partial charge in [-0.2, -0.15) is 0 Å². The van der Waals surface area contributed by atoms with Gasteiger partial charge in [-0.25, -0.2) is 4.79 Å². The summed E-state index contributed by atoms with van der Waals surface area (Å²) in [5.41, 5.74) is 0. The number of carbonyl (C=O) groups excluding carboxylic acids is 1. The molecule has 0 aliphatic carbocycles. The van der Waals surface area contributed by atoms with Gasteiger partial charge in [0.15, 0.2) is 0 Å². The Bertz CT molecular complexity index is 482. The van der Waals surface area contributed by atoms with Gasteiger partial charge < -0.3 is 10.4 Å². The molecule has 1 unspecified atom stereocenters. The van der Waals surface area contributed by atoms with E-state index in [4.69, 9.17) is 5.11 Å². The van der Waals surface area contributed by atoms with Crippen molar-refractivity contribution in [1.29, 1.82) is 0 Å². The molecule has 1 atom stereocenters. The number of hydrogen-bond acceptors (Lipinski definition) is 3. The molecule has 1 rings (SSSR count). The summed E-state index contributed by atoms with van der Waals surface area (Å²) >= 11 is 4.83. The van der Waals surface area contributed by atoms with Gasteiger partial charge in [-0.3, -0.25) is 4.79 Å². The number of amides is 1. The lowest BCUT2D eigenvalue weighted by atomic mass is 10.0. The molecule has 104 valence electrons. The van der Waals surface area contributed by atoms with Crippen LogP contribution in [0.3, 0.4) is 0 Å². The van der Waals surface area contributed by atoms with E-state index in [1.54, 1.807) is 6.08 Å². The summed E-state index contributed by atoms with van der Waals surface area (Å²) in [5, 5.41) is 11.5. The van der Waals surface area contributed by atoms with E-state index < -0.39 is 17.9 Å². The highest BCUT2D eigenvalue weighted by Gasteiger charge is 2.19. The molecule has 0 fully saturated rings. The van der Waals surface area contributed by atoms with Crippen LogP contribution < -0.4 is 5.32 Å². The smallest absolute Gasteiger partial charge is 0.326 e. The van der Waals surface area contributed by atoms with E-state index in [1.165, 1.54) is 17.4 Å². The summed E-state index contributed by atoms with van der Waals surface area (Å²) in [6, 6.07) is 2.93. The molecule has 6 heteroatoms. The van der Waals surface area contributed by atoms with Gasteiger partial charge in [0.2, 0.25) is 5.91 Å². The first-order valence-corrected chi connectivity index (χ1v) is 7.46. The van der Waals surface area contributed by atoms with Crippen molar-refractivity contribution in [3.63, 3.8) is 0 Å². The molecule has 0 aromatic carbocycles. The fourth-order valence-electron chi connectivity index (χ4n) is 1.49. The van der Waals surface area contributed by atoms with Crippen molar-refractivity contribution in [1.82, 2.24) is 5.32 Å². The molecule has 1 amide bonds. The number of nitrogens with one attached hydrogen (secondary N) is 1. The van der Waals surface area contributed by atoms with Gasteiger partial charge in [0.05, 0.1) is 3.79 Å². The molecular weight excluding hydrogens is 330 g/mol. The van der Waals surface area contributed by atoms with Crippen LogP contribution in [0.15, 0.2) is 22.0 Å². The van der Waals surface area contributed by atoms with Crippen molar-refractivity contribution in [2.75, 3.05) is 0 Å². The lowest BCUT2D eigenvalue weighted by Gasteiger charge is -2.15. The summed E-state index contributed by atoms with van der Waals surface area (Å²) in [5.74, 6) is -1.19. The second-order valence-electron chi connectivity index (χ2n) is 4.50. The van der Waals surface area contributed by atoms with Gasteiger partial charge in [0.25, 0.3) is 0 Å². The molecule has 1 heterocycles. The van der Waals surface area contributed by atoms with Crippen molar-refractivity contribution in [2.24, 2.45) is 5.92 Å². The monoisotopic (exact) mass is 345 g/mol. The molecule has 0 saturated carbocycles. The minimum Gasteiger partial charge on any atom is -0.480 e. The summed E-state index contributed by atoms with van der Waals surface area (Å²) in [6.45, 7) is 3.84. The van der Waals surface area contributed by atoms with Crippen molar-refractivity contribution >= 4 is 45.2 Å². The van der Waals surface area contributed by atoms with Crippen molar-refractivity contribution in [3.05, 3.63) is 26.9 Å². The number of carboxylic acids is 1. The summed E-state index contributed by atoms with van der Waals surface area (Å²) in [6.07, 6.45) is 3.44. The number of thiophene rings is 1. The molecule has 0 spiro atoms. The highest BCUT2D eigenvalue weighted by atomic mass is 79.9. The van der Waals surface area contributed by atoms with E-state index in [1.807, 2.05) is 26.0 Å². The van der Waals surface area contributed by atoms with E-state index in [-0.39, 0.29) is 5.92 Å². The van der Waals surface area contributed by atoms with Crippen LogP contribution in [0.2, 0.25) is 0 Å². The van der Waals surface area contributed by atoms with Crippen LogP contribution in [-0.2, 0) is 9.59 Å². The number of rotatable bonds is 6. The largest absolute Gasteiger partial charge is 0.480 e. The highest BCUT2D eigenvalue weighted by Crippen LogP contribution is 2.22. The summed E-state index contributed by atoms with van der Waals surface area (Å²) in [7, 11) is 0. The van der Waals surface area contributed by atoms with Crippen LogP contribution in [0.4, 0.5) is 0 Å². The Morgan fingerprint density at radius 2 is 2.16 bits per heavy atom. The fourth-order valence-corrected chi connectivity index (χ4v) is 2.81. The maximum Gasteiger partial charge on any atom is 0.326 e. The Morgan fingerprint density at radius 1 is 1.47 bits per heavy atom. The van der Waals surface area contributed by atoms with Gasteiger partial charge in [-0.1, -0.05) is 13.8 Å². The zero-order valence-electron chi connectivity index (χ0n) is 10.7. The van der Waals surface area contributed by atoms with E-state index in [9.17, 15) is 9.59 Å². The van der Waals surface area contributed by atoms with Crippen molar-refractivity contribution < 1.29 is 14.7 Å². The van der Waals surface area contributed by atoms with E-state index in [0.717, 1.165) is 8.66 Å². The molecule has 1 aromatic rings. The number of aliphatic carboxylic acids is 1. The number of carboxylic acid groups (broad SMARTS) is 1. The van der Waals surface area contributed by atoms with Crippen LogP contribution in [-0.4, -0.2) is 23.0 Å². The molecule has 19 heavy (non-hydrogen) atoms. The zero-order chi connectivity index (χ0) is 14.4. The van der Waals surface area contributed by atoms with E-state index in [0.29, 0.717) is 6.42 Å². The normalized spacial score (nSPS) is 12.8. The maximum atomic E-state index is 11.7. The van der Waals surface area contributed by atoms with Gasteiger partial charge >= 0.3 is 5.97 Å². The SMILES string of the molecule is CC(C)CC(NC(=O)/C=C/c1ccc(Br)s1)C(=O)O. The quantitative estimate of drug-likeness (QED) is 0.778. The van der Waals surface area contributed by atoms with Crippen LogP contribution >= 0.6 is 27.3 Å². The number of halogens is 1. The third-order valence-corrected chi connectivity index (χ3v) is 3.90. The highest BCUT2D eigenvalue weighted by molar-refractivity contribution is 9.11. The minimum atomic E-state index is -1.01. The molecule has 0 aliphatic heterocycles. The Balaban J connectivity index is 2.57. The number of hydrogen-bond donors (Lipinski definition) is 2. The molecule has 0 saturated heterocycles. The predicted octanol–water partition coefficient (Wildman–Crippen LogP) is 3.14. The van der Waals surface area contributed by atoms with Crippen LogP contribution in [0.1, 0.15) is 25.1 Å². The summed E-state index contributed by atoms with van der Waals surface area (Å²) in [4.78, 5) is 23.6. The first-order chi connectivity index (χ1) is 8.88. The predicted molar refractivity (Wildman–Crippen MR) is 80.1 cm³/mol. The maximum absolute atomic E-state index is 11.7. The second-order valence-corrected chi connectivity index (χ2v) is 7.00. The molecule has 0 aliphatic rings. The average Bonchev–Trinajstić information content (AvgIpc) is 2.71.